The van der Waals surface area contributed by atoms with E-state index in [1.54, 1.807) is 0 Å². The van der Waals surface area contributed by atoms with Crippen LogP contribution in [0.2, 0.25) is 5.28 Å². The molecule has 0 spiro atoms. The number of rotatable bonds is 4. The highest BCUT2D eigenvalue weighted by Gasteiger charge is 2.24. The van der Waals surface area contributed by atoms with Crippen LogP contribution in [-0.4, -0.2) is 53.8 Å². The summed E-state index contributed by atoms with van der Waals surface area (Å²) < 4.78 is 5.74. The van der Waals surface area contributed by atoms with Gasteiger partial charge in [-0.15, -0.1) is 0 Å². The van der Waals surface area contributed by atoms with E-state index in [1.165, 1.54) is 12.8 Å². The van der Waals surface area contributed by atoms with Gasteiger partial charge in [-0.3, -0.25) is 0 Å². The maximum absolute atomic E-state index is 6.10. The highest BCUT2D eigenvalue weighted by Crippen LogP contribution is 2.23. The molecule has 6 nitrogen and oxygen atoms in total. The normalized spacial score (nSPS) is 22.9. The largest absolute Gasteiger partial charge is 0.377 e. The molecule has 0 saturated carbocycles. The number of hydrogen-bond acceptors (Lipinski definition) is 6. The molecule has 7 heteroatoms. The van der Waals surface area contributed by atoms with Crippen LogP contribution < -0.4 is 9.80 Å². The zero-order chi connectivity index (χ0) is 14.7. The second-order valence-electron chi connectivity index (χ2n) is 5.56. The van der Waals surface area contributed by atoms with Crippen molar-refractivity contribution in [2.45, 2.75) is 38.7 Å². The molecule has 0 amide bonds. The Balaban J connectivity index is 1.77. The molecule has 0 bridgehead atoms. The van der Waals surface area contributed by atoms with E-state index >= 15 is 0 Å². The topological polar surface area (TPSA) is 54.4 Å². The van der Waals surface area contributed by atoms with Crippen LogP contribution in [0.3, 0.4) is 0 Å². The van der Waals surface area contributed by atoms with Crippen molar-refractivity contribution >= 4 is 23.5 Å². The summed E-state index contributed by atoms with van der Waals surface area (Å²) in [7, 11) is 0. The van der Waals surface area contributed by atoms with E-state index in [4.69, 9.17) is 16.3 Å². The van der Waals surface area contributed by atoms with Crippen molar-refractivity contribution in [1.82, 2.24) is 15.0 Å². The van der Waals surface area contributed by atoms with Gasteiger partial charge in [0.1, 0.15) is 0 Å². The summed E-state index contributed by atoms with van der Waals surface area (Å²) in [6.45, 7) is 6.55. The highest BCUT2D eigenvalue weighted by atomic mass is 35.5. The van der Waals surface area contributed by atoms with Crippen LogP contribution in [0.5, 0.6) is 0 Å². The van der Waals surface area contributed by atoms with Crippen molar-refractivity contribution in [3.8, 4) is 0 Å². The van der Waals surface area contributed by atoms with Gasteiger partial charge < -0.3 is 14.5 Å². The molecule has 1 aromatic rings. The van der Waals surface area contributed by atoms with Crippen LogP contribution in [0, 0.1) is 0 Å². The average Bonchev–Trinajstić information content (AvgIpc) is 3.01. The Hall–Kier alpha value is -1.14. The van der Waals surface area contributed by atoms with Gasteiger partial charge in [0.25, 0.3) is 0 Å². The Labute approximate surface area is 130 Å². The molecule has 3 heterocycles. The number of nitrogens with zero attached hydrogens (tertiary/aromatic N) is 5. The number of piperidine rings is 1. The molecule has 0 aliphatic carbocycles. The summed E-state index contributed by atoms with van der Waals surface area (Å²) >= 11 is 6.10. The molecule has 116 valence electrons. The third-order valence-electron chi connectivity index (χ3n) is 4.04. The third kappa shape index (κ3) is 3.55. The lowest BCUT2D eigenvalue weighted by Gasteiger charge is -2.32. The van der Waals surface area contributed by atoms with Crippen molar-refractivity contribution in [2.75, 3.05) is 42.6 Å². The predicted molar refractivity (Wildman–Crippen MR) is 83.1 cm³/mol. The fourth-order valence-corrected chi connectivity index (χ4v) is 3.17. The molecular formula is C14H22ClN5O. The summed E-state index contributed by atoms with van der Waals surface area (Å²) in [5, 5.41) is 0.278. The van der Waals surface area contributed by atoms with E-state index < -0.39 is 0 Å². The zero-order valence-electron chi connectivity index (χ0n) is 12.5. The lowest BCUT2D eigenvalue weighted by molar-refractivity contribution is 0.0523. The zero-order valence-corrected chi connectivity index (χ0v) is 13.2. The maximum Gasteiger partial charge on any atom is 0.231 e. The number of aromatic nitrogens is 3. The fraction of sp³-hybridized carbons (Fsp3) is 0.786. The van der Waals surface area contributed by atoms with E-state index in [1.807, 2.05) is 6.92 Å². The molecule has 2 aliphatic rings. The first-order valence-electron chi connectivity index (χ1n) is 7.79. The van der Waals surface area contributed by atoms with Gasteiger partial charge in [-0.1, -0.05) is 0 Å². The number of halogens is 1. The van der Waals surface area contributed by atoms with Gasteiger partial charge >= 0.3 is 0 Å². The molecule has 0 radical (unpaired) electrons. The molecule has 21 heavy (non-hydrogen) atoms. The summed E-state index contributed by atoms with van der Waals surface area (Å²) in [4.78, 5) is 17.6. The SMILES string of the molecule is CCOC1CCCN(c2nc(Cl)nc(N3CCCC3)n2)C1. The monoisotopic (exact) mass is 311 g/mol. The van der Waals surface area contributed by atoms with Gasteiger partial charge in [-0.05, 0) is 44.2 Å². The quantitative estimate of drug-likeness (QED) is 0.849. The Kier molecular flexibility index (Phi) is 4.75. The van der Waals surface area contributed by atoms with Gasteiger partial charge in [-0.25, -0.2) is 0 Å². The first-order valence-corrected chi connectivity index (χ1v) is 8.17. The Morgan fingerprint density at radius 3 is 2.43 bits per heavy atom. The van der Waals surface area contributed by atoms with Crippen LogP contribution in [0.15, 0.2) is 0 Å². The minimum Gasteiger partial charge on any atom is -0.377 e. The van der Waals surface area contributed by atoms with Crippen LogP contribution in [0.25, 0.3) is 0 Å². The number of anilines is 2. The van der Waals surface area contributed by atoms with Crippen LogP contribution >= 0.6 is 11.6 Å². The predicted octanol–water partition coefficient (Wildman–Crippen LogP) is 2.13. The fourth-order valence-electron chi connectivity index (χ4n) is 3.02. The standard InChI is InChI=1S/C14H22ClN5O/c1-2-21-11-6-5-9-20(10-11)14-17-12(15)16-13(18-14)19-7-3-4-8-19/h11H,2-10H2,1H3. The summed E-state index contributed by atoms with van der Waals surface area (Å²) in [5.41, 5.74) is 0. The molecule has 1 aromatic heterocycles. The van der Waals surface area contributed by atoms with Crippen LogP contribution in [-0.2, 0) is 4.74 Å². The number of ether oxygens (including phenoxy) is 1. The van der Waals surface area contributed by atoms with E-state index in [2.05, 4.69) is 24.8 Å². The maximum atomic E-state index is 6.10. The molecule has 1 unspecified atom stereocenters. The molecular weight excluding hydrogens is 290 g/mol. The smallest absolute Gasteiger partial charge is 0.231 e. The van der Waals surface area contributed by atoms with Crippen LogP contribution in [0.4, 0.5) is 11.9 Å². The van der Waals surface area contributed by atoms with Gasteiger partial charge in [0.2, 0.25) is 17.2 Å². The summed E-state index contributed by atoms with van der Waals surface area (Å²) in [6, 6.07) is 0. The lowest BCUT2D eigenvalue weighted by atomic mass is 10.1. The third-order valence-corrected chi connectivity index (χ3v) is 4.21. The summed E-state index contributed by atoms with van der Waals surface area (Å²) in [6.07, 6.45) is 4.83. The summed E-state index contributed by atoms with van der Waals surface area (Å²) in [5.74, 6) is 1.39. The van der Waals surface area contributed by atoms with Crippen molar-refractivity contribution in [1.29, 1.82) is 0 Å². The van der Waals surface area contributed by atoms with Gasteiger partial charge in [0, 0.05) is 32.8 Å². The van der Waals surface area contributed by atoms with E-state index in [9.17, 15) is 0 Å². The number of hydrogen-bond donors (Lipinski definition) is 0. The van der Waals surface area contributed by atoms with Crippen molar-refractivity contribution in [3.05, 3.63) is 5.28 Å². The molecule has 3 rings (SSSR count). The molecule has 0 N–H and O–H groups in total. The average molecular weight is 312 g/mol. The Morgan fingerprint density at radius 2 is 1.71 bits per heavy atom. The Bertz CT molecular complexity index is 478. The minimum absolute atomic E-state index is 0.259. The minimum atomic E-state index is 0.259. The first kappa shape index (κ1) is 14.8. The molecule has 0 aromatic carbocycles. The molecule has 2 saturated heterocycles. The van der Waals surface area contributed by atoms with E-state index in [0.717, 1.165) is 45.6 Å². The molecule has 1 atom stereocenters. The van der Waals surface area contributed by atoms with E-state index in [-0.39, 0.29) is 11.4 Å². The van der Waals surface area contributed by atoms with Gasteiger partial charge in [-0.2, -0.15) is 15.0 Å². The van der Waals surface area contributed by atoms with Crippen LogP contribution in [0.1, 0.15) is 32.6 Å². The van der Waals surface area contributed by atoms with Gasteiger partial charge in [0.15, 0.2) is 0 Å². The second-order valence-corrected chi connectivity index (χ2v) is 5.90. The molecule has 2 fully saturated rings. The molecule has 2 aliphatic heterocycles. The lowest BCUT2D eigenvalue weighted by Crippen LogP contribution is -2.41. The Morgan fingerprint density at radius 1 is 1.05 bits per heavy atom. The van der Waals surface area contributed by atoms with E-state index in [0.29, 0.717) is 11.9 Å². The van der Waals surface area contributed by atoms with Crippen molar-refractivity contribution < 1.29 is 4.74 Å². The van der Waals surface area contributed by atoms with Crippen molar-refractivity contribution in [3.63, 3.8) is 0 Å². The van der Waals surface area contributed by atoms with Crippen molar-refractivity contribution in [2.24, 2.45) is 0 Å². The first-order chi connectivity index (χ1) is 10.3. The highest BCUT2D eigenvalue weighted by molar-refractivity contribution is 6.28. The second kappa shape index (κ2) is 6.75. The van der Waals surface area contributed by atoms with Gasteiger partial charge in [0.05, 0.1) is 6.10 Å².